The Balaban J connectivity index is 1.95. The van der Waals surface area contributed by atoms with Gasteiger partial charge in [0.1, 0.15) is 5.75 Å². The highest BCUT2D eigenvalue weighted by atomic mass is 16.5. The number of nitrogens with two attached hydrogens (primary N) is 1. The first-order valence-electron chi connectivity index (χ1n) is 7.48. The first-order chi connectivity index (χ1) is 9.31. The molecule has 1 unspecified atom stereocenters. The van der Waals surface area contributed by atoms with Crippen molar-refractivity contribution in [2.75, 3.05) is 6.61 Å². The van der Waals surface area contributed by atoms with Gasteiger partial charge in [-0.05, 0) is 49.8 Å². The van der Waals surface area contributed by atoms with Gasteiger partial charge in [0.2, 0.25) is 0 Å². The van der Waals surface area contributed by atoms with E-state index in [2.05, 4.69) is 25.1 Å². The summed E-state index contributed by atoms with van der Waals surface area (Å²) in [6.45, 7) is 2.97. The van der Waals surface area contributed by atoms with Gasteiger partial charge in [0.25, 0.3) is 0 Å². The van der Waals surface area contributed by atoms with E-state index in [0.29, 0.717) is 0 Å². The molecular formula is C17H25NO. The summed E-state index contributed by atoms with van der Waals surface area (Å²) in [5.41, 5.74) is 8.92. The molecule has 1 atom stereocenters. The lowest BCUT2D eigenvalue weighted by atomic mass is 9.90. The largest absolute Gasteiger partial charge is 0.494 e. The Kier molecular flexibility index (Phi) is 5.46. The van der Waals surface area contributed by atoms with Gasteiger partial charge in [-0.15, -0.1) is 0 Å². The smallest absolute Gasteiger partial charge is 0.119 e. The zero-order chi connectivity index (χ0) is 13.5. The van der Waals surface area contributed by atoms with Gasteiger partial charge >= 0.3 is 0 Å². The van der Waals surface area contributed by atoms with Crippen LogP contribution in [0.5, 0.6) is 5.75 Å². The lowest BCUT2D eigenvalue weighted by Crippen LogP contribution is -2.14. The van der Waals surface area contributed by atoms with E-state index < -0.39 is 0 Å². The maximum absolute atomic E-state index is 6.33. The van der Waals surface area contributed by atoms with E-state index in [0.717, 1.165) is 31.6 Å². The highest BCUT2D eigenvalue weighted by molar-refractivity contribution is 5.33. The lowest BCUT2D eigenvalue weighted by molar-refractivity contribution is 0.309. The molecule has 0 aliphatic heterocycles. The second kappa shape index (κ2) is 7.34. The van der Waals surface area contributed by atoms with Crippen LogP contribution >= 0.6 is 0 Å². The molecule has 104 valence electrons. The number of hydrogen-bond acceptors (Lipinski definition) is 2. The third-order valence-electron chi connectivity index (χ3n) is 3.73. The fraction of sp³-hybridized carbons (Fsp3) is 0.529. The van der Waals surface area contributed by atoms with Gasteiger partial charge in [0.15, 0.2) is 0 Å². The van der Waals surface area contributed by atoms with Crippen LogP contribution in [0, 0.1) is 0 Å². The average Bonchev–Trinajstić information content (AvgIpc) is 2.48. The quantitative estimate of drug-likeness (QED) is 0.608. The van der Waals surface area contributed by atoms with Crippen molar-refractivity contribution in [3.8, 4) is 5.75 Å². The summed E-state index contributed by atoms with van der Waals surface area (Å²) in [6.07, 6.45) is 9.50. The van der Waals surface area contributed by atoms with Gasteiger partial charge in [-0.3, -0.25) is 0 Å². The Morgan fingerprint density at radius 1 is 1.21 bits per heavy atom. The van der Waals surface area contributed by atoms with Gasteiger partial charge in [-0.25, -0.2) is 0 Å². The maximum atomic E-state index is 6.33. The van der Waals surface area contributed by atoms with E-state index in [4.69, 9.17) is 10.5 Å². The van der Waals surface area contributed by atoms with Crippen molar-refractivity contribution in [3.05, 3.63) is 41.5 Å². The summed E-state index contributed by atoms with van der Waals surface area (Å²) < 4.78 is 5.67. The van der Waals surface area contributed by atoms with Crippen LogP contribution in [0.2, 0.25) is 0 Å². The first-order valence-corrected chi connectivity index (χ1v) is 7.48. The molecule has 2 heteroatoms. The van der Waals surface area contributed by atoms with Gasteiger partial charge in [-0.2, -0.15) is 0 Å². The van der Waals surface area contributed by atoms with Gasteiger partial charge in [-0.1, -0.05) is 37.1 Å². The number of benzene rings is 1. The maximum Gasteiger partial charge on any atom is 0.119 e. The van der Waals surface area contributed by atoms with E-state index >= 15 is 0 Å². The normalized spacial score (nSPS) is 16.8. The van der Waals surface area contributed by atoms with Crippen LogP contribution in [0.4, 0.5) is 0 Å². The molecule has 0 bridgehead atoms. The molecule has 0 amide bonds. The van der Waals surface area contributed by atoms with Gasteiger partial charge < -0.3 is 10.5 Å². The molecule has 0 radical (unpaired) electrons. The van der Waals surface area contributed by atoms with E-state index in [1.54, 1.807) is 0 Å². The monoisotopic (exact) mass is 259 g/mol. The predicted octanol–water partition coefficient (Wildman–Crippen LogP) is 4.37. The Morgan fingerprint density at radius 2 is 2.00 bits per heavy atom. The minimum atomic E-state index is 0.0602. The predicted molar refractivity (Wildman–Crippen MR) is 80.3 cm³/mol. The standard InChI is InChI=1S/C17H25NO/c1-2-3-13-19-16-11-9-15(10-12-16)17(18)14-7-5-4-6-8-14/h7,9-12,17H,2-6,8,13,18H2,1H3. The summed E-state index contributed by atoms with van der Waals surface area (Å²) >= 11 is 0. The van der Waals surface area contributed by atoms with Crippen molar-refractivity contribution in [2.24, 2.45) is 5.73 Å². The highest BCUT2D eigenvalue weighted by Gasteiger charge is 2.13. The number of hydrogen-bond donors (Lipinski definition) is 1. The first kappa shape index (κ1) is 14.1. The summed E-state index contributed by atoms with van der Waals surface area (Å²) in [7, 11) is 0. The molecule has 1 aliphatic carbocycles. The van der Waals surface area contributed by atoms with Crippen molar-refractivity contribution >= 4 is 0 Å². The van der Waals surface area contributed by atoms with Crippen LogP contribution in [0.15, 0.2) is 35.9 Å². The van der Waals surface area contributed by atoms with Gasteiger partial charge in [0.05, 0.1) is 12.6 Å². The fourth-order valence-corrected chi connectivity index (χ4v) is 2.47. The third-order valence-corrected chi connectivity index (χ3v) is 3.73. The lowest BCUT2D eigenvalue weighted by Gasteiger charge is -2.20. The molecule has 2 nitrogen and oxygen atoms in total. The van der Waals surface area contributed by atoms with Crippen LogP contribution < -0.4 is 10.5 Å². The summed E-state index contributed by atoms with van der Waals surface area (Å²) in [5.74, 6) is 0.946. The number of rotatable bonds is 6. The average molecular weight is 259 g/mol. The van der Waals surface area contributed by atoms with Crippen LogP contribution in [-0.2, 0) is 0 Å². The Labute approximate surface area is 116 Å². The number of unbranched alkanes of at least 4 members (excludes halogenated alkanes) is 1. The van der Waals surface area contributed by atoms with Crippen molar-refractivity contribution in [1.82, 2.24) is 0 Å². The second-order valence-corrected chi connectivity index (χ2v) is 5.27. The molecular weight excluding hydrogens is 234 g/mol. The van der Waals surface area contributed by atoms with Crippen molar-refractivity contribution in [2.45, 2.75) is 51.5 Å². The van der Waals surface area contributed by atoms with Crippen molar-refractivity contribution in [1.29, 1.82) is 0 Å². The number of ether oxygens (including phenoxy) is 1. The Morgan fingerprint density at radius 3 is 2.63 bits per heavy atom. The molecule has 0 saturated carbocycles. The molecule has 2 rings (SSSR count). The SMILES string of the molecule is CCCCOc1ccc(C(N)C2=CCCCC2)cc1. The van der Waals surface area contributed by atoms with Crippen LogP contribution in [0.3, 0.4) is 0 Å². The zero-order valence-corrected chi connectivity index (χ0v) is 11.9. The van der Waals surface area contributed by atoms with Crippen molar-refractivity contribution in [3.63, 3.8) is 0 Å². The van der Waals surface area contributed by atoms with Crippen molar-refractivity contribution < 1.29 is 4.74 Å². The van der Waals surface area contributed by atoms with Crippen LogP contribution in [-0.4, -0.2) is 6.61 Å². The Bertz CT molecular complexity index is 408. The van der Waals surface area contributed by atoms with Crippen LogP contribution in [0.25, 0.3) is 0 Å². The molecule has 19 heavy (non-hydrogen) atoms. The minimum absolute atomic E-state index is 0.0602. The van der Waals surface area contributed by atoms with E-state index in [1.807, 2.05) is 12.1 Å². The molecule has 0 saturated heterocycles. The number of allylic oxidation sites excluding steroid dienone is 1. The molecule has 1 aromatic rings. The van der Waals surface area contributed by atoms with E-state index in [-0.39, 0.29) is 6.04 Å². The molecule has 0 aromatic heterocycles. The minimum Gasteiger partial charge on any atom is -0.494 e. The second-order valence-electron chi connectivity index (χ2n) is 5.27. The molecule has 2 N–H and O–H groups in total. The molecule has 0 fully saturated rings. The molecule has 0 heterocycles. The summed E-state index contributed by atoms with van der Waals surface area (Å²) in [5, 5.41) is 0. The van der Waals surface area contributed by atoms with E-state index in [9.17, 15) is 0 Å². The third kappa shape index (κ3) is 4.10. The van der Waals surface area contributed by atoms with Crippen LogP contribution in [0.1, 0.15) is 57.1 Å². The summed E-state index contributed by atoms with van der Waals surface area (Å²) in [6, 6.07) is 8.33. The molecule has 1 aromatic carbocycles. The summed E-state index contributed by atoms with van der Waals surface area (Å²) in [4.78, 5) is 0. The van der Waals surface area contributed by atoms with E-state index in [1.165, 1.54) is 30.4 Å². The highest BCUT2D eigenvalue weighted by Crippen LogP contribution is 2.28. The molecule has 0 spiro atoms. The van der Waals surface area contributed by atoms with Gasteiger partial charge in [0, 0.05) is 0 Å². The molecule has 1 aliphatic rings. The Hall–Kier alpha value is -1.28. The zero-order valence-electron chi connectivity index (χ0n) is 11.9. The topological polar surface area (TPSA) is 35.2 Å². The fourth-order valence-electron chi connectivity index (χ4n) is 2.47.